The number of nitrogens with zero attached hydrogens (tertiary/aromatic N) is 1. The minimum absolute atomic E-state index is 0.0900. The third kappa shape index (κ3) is 4.06. The van der Waals surface area contributed by atoms with Gasteiger partial charge in [-0.2, -0.15) is 0 Å². The first-order valence-corrected chi connectivity index (χ1v) is 9.94. The molecule has 0 spiro atoms. The summed E-state index contributed by atoms with van der Waals surface area (Å²) in [5.74, 6) is -0.872. The maximum Gasteiger partial charge on any atom is 0.232 e. The van der Waals surface area contributed by atoms with Crippen LogP contribution in [0.15, 0.2) is 21.1 Å². The Morgan fingerprint density at radius 3 is 2.62 bits per heavy atom. The Hall–Kier alpha value is -0.440. The second-order valence-corrected chi connectivity index (χ2v) is 9.31. The highest BCUT2D eigenvalue weighted by atomic mass is 79.9. The van der Waals surface area contributed by atoms with Crippen LogP contribution < -0.4 is 4.90 Å². The average molecular weight is 460 g/mol. The summed E-state index contributed by atoms with van der Waals surface area (Å²) >= 11 is 6.60. The highest BCUT2D eigenvalue weighted by Gasteiger charge is 2.35. The number of anilines is 1. The fraction of sp³-hybridized carbons (Fsp3) is 0.333. The van der Waals surface area contributed by atoms with Gasteiger partial charge in [0.25, 0.3) is 0 Å². The molecule has 1 aliphatic heterocycles. The second-order valence-electron chi connectivity index (χ2n) is 4.72. The van der Waals surface area contributed by atoms with E-state index in [0.717, 1.165) is 0 Å². The molecule has 5 nitrogen and oxygen atoms in total. The molecule has 1 fully saturated rings. The summed E-state index contributed by atoms with van der Waals surface area (Å²) in [6.45, 7) is 0.214. The third-order valence-corrected chi connectivity index (χ3v) is 5.40. The van der Waals surface area contributed by atoms with E-state index in [1.165, 1.54) is 4.90 Å². The van der Waals surface area contributed by atoms with Gasteiger partial charge in [-0.1, -0.05) is 15.9 Å². The molecule has 9 heteroatoms. The van der Waals surface area contributed by atoms with Crippen LogP contribution in [0, 0.1) is 5.92 Å². The van der Waals surface area contributed by atoms with Crippen molar-refractivity contribution in [3.63, 3.8) is 0 Å². The van der Waals surface area contributed by atoms with Crippen LogP contribution in [-0.2, 0) is 13.8 Å². The standard InChI is InChI=1S/C12H10Br2ClNO4S/c13-9-2-8(5-17)12(10(14)3-9)16-4-7(1-11(16)18)6-21(15,19)20/h2-3,5,7H,1,4,6H2. The van der Waals surface area contributed by atoms with E-state index >= 15 is 0 Å². The average Bonchev–Trinajstić information content (AvgIpc) is 2.66. The van der Waals surface area contributed by atoms with Gasteiger partial charge in [0.2, 0.25) is 15.0 Å². The van der Waals surface area contributed by atoms with E-state index in [-0.39, 0.29) is 30.5 Å². The third-order valence-electron chi connectivity index (χ3n) is 3.09. The molecule has 1 saturated heterocycles. The van der Waals surface area contributed by atoms with E-state index in [0.29, 0.717) is 26.5 Å². The van der Waals surface area contributed by atoms with Crippen LogP contribution in [0.25, 0.3) is 0 Å². The first kappa shape index (κ1) is 16.9. The Morgan fingerprint density at radius 1 is 1.38 bits per heavy atom. The van der Waals surface area contributed by atoms with Gasteiger partial charge in [0.05, 0.1) is 11.4 Å². The molecule has 0 aliphatic carbocycles. The van der Waals surface area contributed by atoms with Gasteiger partial charge in [-0.05, 0) is 28.1 Å². The number of hydrogen-bond acceptors (Lipinski definition) is 4. The van der Waals surface area contributed by atoms with Crippen LogP contribution in [0.2, 0.25) is 0 Å². The van der Waals surface area contributed by atoms with Gasteiger partial charge < -0.3 is 4.90 Å². The highest BCUT2D eigenvalue weighted by molar-refractivity contribution is 9.11. The molecular formula is C12H10Br2ClNO4S. The zero-order valence-electron chi connectivity index (χ0n) is 10.6. The number of aldehydes is 1. The van der Waals surface area contributed by atoms with Crippen molar-refractivity contribution in [3.05, 3.63) is 26.6 Å². The molecule has 1 aromatic rings. The maximum atomic E-state index is 12.1. The molecule has 0 N–H and O–H groups in total. The lowest BCUT2D eigenvalue weighted by Crippen LogP contribution is -2.27. The fourth-order valence-corrected chi connectivity index (χ4v) is 5.14. The van der Waals surface area contributed by atoms with Gasteiger partial charge in [-0.3, -0.25) is 9.59 Å². The van der Waals surface area contributed by atoms with Crippen LogP contribution in [0.4, 0.5) is 5.69 Å². The minimum atomic E-state index is -3.66. The molecule has 1 aromatic carbocycles. The number of benzene rings is 1. The largest absolute Gasteiger partial charge is 0.310 e. The topological polar surface area (TPSA) is 71.5 Å². The predicted molar refractivity (Wildman–Crippen MR) is 87.3 cm³/mol. The first-order valence-electron chi connectivity index (χ1n) is 5.88. The summed E-state index contributed by atoms with van der Waals surface area (Å²) in [5.41, 5.74) is 0.798. The molecule has 1 unspecified atom stereocenters. The summed E-state index contributed by atoms with van der Waals surface area (Å²) < 4.78 is 23.6. The van der Waals surface area contributed by atoms with Crippen molar-refractivity contribution < 1.29 is 18.0 Å². The zero-order chi connectivity index (χ0) is 15.8. The van der Waals surface area contributed by atoms with Gasteiger partial charge in [0, 0.05) is 44.1 Å². The molecule has 1 amide bonds. The summed E-state index contributed by atoms with van der Waals surface area (Å²) in [7, 11) is 1.57. The summed E-state index contributed by atoms with van der Waals surface area (Å²) in [4.78, 5) is 24.7. The van der Waals surface area contributed by atoms with E-state index in [2.05, 4.69) is 31.9 Å². The van der Waals surface area contributed by atoms with Gasteiger partial charge in [0.15, 0.2) is 6.29 Å². The van der Waals surface area contributed by atoms with Gasteiger partial charge in [-0.25, -0.2) is 8.42 Å². The Morgan fingerprint density at radius 2 is 2.05 bits per heavy atom. The number of carbonyl (C=O) groups is 2. The van der Waals surface area contributed by atoms with Crippen molar-refractivity contribution in [3.8, 4) is 0 Å². The van der Waals surface area contributed by atoms with E-state index in [1.807, 2.05) is 0 Å². The second kappa shape index (κ2) is 6.36. The van der Waals surface area contributed by atoms with Crippen LogP contribution >= 0.6 is 42.5 Å². The molecular weight excluding hydrogens is 449 g/mol. The molecule has 0 bridgehead atoms. The van der Waals surface area contributed by atoms with E-state index in [4.69, 9.17) is 10.7 Å². The normalized spacial score (nSPS) is 19.1. The monoisotopic (exact) mass is 457 g/mol. The van der Waals surface area contributed by atoms with Crippen molar-refractivity contribution in [1.82, 2.24) is 0 Å². The van der Waals surface area contributed by atoms with Crippen LogP contribution in [0.1, 0.15) is 16.8 Å². The van der Waals surface area contributed by atoms with Gasteiger partial charge >= 0.3 is 0 Å². The lowest BCUT2D eigenvalue weighted by Gasteiger charge is -2.20. The Bertz CT molecular complexity index is 707. The van der Waals surface area contributed by atoms with Crippen molar-refractivity contribution >= 4 is 69.5 Å². The first-order chi connectivity index (χ1) is 9.71. The maximum absolute atomic E-state index is 12.1. The molecule has 114 valence electrons. The number of hydrogen-bond donors (Lipinski definition) is 0. The summed E-state index contributed by atoms with van der Waals surface area (Å²) in [5, 5.41) is 0. The SMILES string of the molecule is O=Cc1cc(Br)cc(Br)c1N1CC(CS(=O)(=O)Cl)CC1=O. The Kier molecular flexibility index (Phi) is 5.12. The molecule has 1 aliphatic rings. The quantitative estimate of drug-likeness (QED) is 0.513. The van der Waals surface area contributed by atoms with Crippen LogP contribution in [0.3, 0.4) is 0 Å². The van der Waals surface area contributed by atoms with E-state index < -0.39 is 9.05 Å². The molecule has 0 aromatic heterocycles. The van der Waals surface area contributed by atoms with Crippen molar-refractivity contribution in [2.75, 3.05) is 17.2 Å². The van der Waals surface area contributed by atoms with Gasteiger partial charge in [-0.15, -0.1) is 0 Å². The Balaban J connectivity index is 2.35. The van der Waals surface area contributed by atoms with Gasteiger partial charge in [0.1, 0.15) is 0 Å². The van der Waals surface area contributed by atoms with E-state index in [9.17, 15) is 18.0 Å². The molecule has 1 heterocycles. The summed E-state index contributed by atoms with van der Waals surface area (Å²) in [6.07, 6.45) is 0.747. The zero-order valence-corrected chi connectivity index (χ0v) is 15.3. The number of rotatable bonds is 4. The Labute approximate surface area is 143 Å². The van der Waals surface area contributed by atoms with Crippen molar-refractivity contribution in [1.29, 1.82) is 0 Å². The lowest BCUT2D eigenvalue weighted by molar-refractivity contribution is -0.117. The number of amides is 1. The minimum Gasteiger partial charge on any atom is -0.310 e. The van der Waals surface area contributed by atoms with Crippen LogP contribution in [0.5, 0.6) is 0 Å². The number of carbonyl (C=O) groups excluding carboxylic acids is 2. The van der Waals surface area contributed by atoms with E-state index in [1.54, 1.807) is 12.1 Å². The molecule has 0 saturated carbocycles. The molecule has 0 radical (unpaired) electrons. The lowest BCUT2D eigenvalue weighted by atomic mass is 10.1. The fourth-order valence-electron chi connectivity index (χ4n) is 2.35. The summed E-state index contributed by atoms with van der Waals surface area (Å²) in [6, 6.07) is 3.33. The highest BCUT2D eigenvalue weighted by Crippen LogP contribution is 2.36. The predicted octanol–water partition coefficient (Wildman–Crippen LogP) is 2.95. The van der Waals surface area contributed by atoms with Crippen LogP contribution in [-0.4, -0.2) is 32.9 Å². The smallest absolute Gasteiger partial charge is 0.232 e. The molecule has 21 heavy (non-hydrogen) atoms. The number of halogens is 3. The molecule has 1 atom stereocenters. The molecule has 2 rings (SSSR count). The van der Waals surface area contributed by atoms with Crippen molar-refractivity contribution in [2.24, 2.45) is 5.92 Å². The van der Waals surface area contributed by atoms with Crippen molar-refractivity contribution in [2.45, 2.75) is 6.42 Å².